The molecule has 1 aliphatic rings. The highest BCUT2D eigenvalue weighted by atomic mass is 16.5. The van der Waals surface area contributed by atoms with Crippen molar-refractivity contribution in [1.82, 2.24) is 5.01 Å². The van der Waals surface area contributed by atoms with Crippen molar-refractivity contribution < 1.29 is 4.74 Å². The number of nitrogens with zero attached hydrogens (tertiary/aromatic N) is 2. The number of hydrogen-bond acceptors (Lipinski definition) is 3. The Bertz CT molecular complexity index is 356. The first-order valence-electron chi connectivity index (χ1n) is 8.40. The van der Waals surface area contributed by atoms with Crippen molar-refractivity contribution >= 4 is 5.71 Å². The van der Waals surface area contributed by atoms with Gasteiger partial charge in [0.25, 0.3) is 0 Å². The highest BCUT2D eigenvalue weighted by Crippen LogP contribution is 2.21. The molecule has 0 aliphatic carbocycles. The summed E-state index contributed by atoms with van der Waals surface area (Å²) < 4.78 is 5.34. The Kier molecular flexibility index (Phi) is 8.02. The second kappa shape index (κ2) is 9.24. The minimum Gasteiger partial charge on any atom is -0.382 e. The molecule has 0 aromatic carbocycles. The predicted molar refractivity (Wildman–Crippen MR) is 91.7 cm³/mol. The molecule has 0 unspecified atom stereocenters. The van der Waals surface area contributed by atoms with E-state index in [4.69, 9.17) is 9.84 Å². The summed E-state index contributed by atoms with van der Waals surface area (Å²) >= 11 is 0. The molecule has 1 saturated heterocycles. The van der Waals surface area contributed by atoms with Gasteiger partial charge in [0.1, 0.15) is 0 Å². The van der Waals surface area contributed by atoms with Crippen LogP contribution in [0.1, 0.15) is 60.3 Å². The summed E-state index contributed by atoms with van der Waals surface area (Å²) in [5, 5.41) is 7.31. The quantitative estimate of drug-likeness (QED) is 0.486. The number of allylic oxidation sites excluding steroid dienone is 2. The molecule has 1 fully saturated rings. The Balaban J connectivity index is 2.79. The van der Waals surface area contributed by atoms with E-state index in [1.165, 1.54) is 24.1 Å². The fourth-order valence-corrected chi connectivity index (χ4v) is 2.79. The van der Waals surface area contributed by atoms with Crippen molar-refractivity contribution in [2.24, 2.45) is 16.9 Å². The summed E-state index contributed by atoms with van der Waals surface area (Å²) in [5.41, 5.74) is 2.75. The molecule has 2 atom stereocenters. The molecule has 0 bridgehead atoms. The smallest absolute Gasteiger partial charge is 0.0704 e. The van der Waals surface area contributed by atoms with Crippen molar-refractivity contribution in [1.29, 1.82) is 0 Å². The lowest BCUT2D eigenvalue weighted by Gasteiger charge is -2.25. The molecule has 21 heavy (non-hydrogen) atoms. The Morgan fingerprint density at radius 3 is 2.62 bits per heavy atom. The first-order chi connectivity index (χ1) is 9.93. The van der Waals surface area contributed by atoms with Gasteiger partial charge in [0.2, 0.25) is 0 Å². The Morgan fingerprint density at radius 1 is 1.33 bits per heavy atom. The lowest BCUT2D eigenvalue weighted by molar-refractivity contribution is 0.117. The van der Waals surface area contributed by atoms with Gasteiger partial charge in [0.15, 0.2) is 0 Å². The molecule has 3 nitrogen and oxygen atoms in total. The molecule has 0 aromatic heterocycles. The van der Waals surface area contributed by atoms with Crippen LogP contribution in [0.5, 0.6) is 0 Å². The van der Waals surface area contributed by atoms with Crippen molar-refractivity contribution in [3.8, 4) is 0 Å². The molecule has 1 rings (SSSR count). The first-order valence-corrected chi connectivity index (χ1v) is 8.40. The molecule has 0 spiro atoms. The average molecular weight is 294 g/mol. The summed E-state index contributed by atoms with van der Waals surface area (Å²) in [6.45, 7) is 13.1. The van der Waals surface area contributed by atoms with Gasteiger partial charge in [-0.2, -0.15) is 5.10 Å². The molecule has 0 aromatic rings. The van der Waals surface area contributed by atoms with Crippen molar-refractivity contribution in [2.45, 2.75) is 66.3 Å². The van der Waals surface area contributed by atoms with Gasteiger partial charge in [-0.3, -0.25) is 5.01 Å². The Hall–Kier alpha value is -0.830. The van der Waals surface area contributed by atoms with Gasteiger partial charge in [0, 0.05) is 19.4 Å². The van der Waals surface area contributed by atoms with Crippen LogP contribution in [-0.4, -0.2) is 37.0 Å². The third-order valence-corrected chi connectivity index (χ3v) is 4.03. The number of rotatable bonds is 8. The van der Waals surface area contributed by atoms with E-state index in [1.807, 2.05) is 0 Å². The van der Waals surface area contributed by atoms with Crippen LogP contribution >= 0.6 is 0 Å². The Labute approximate surface area is 131 Å². The lowest BCUT2D eigenvalue weighted by atomic mass is 9.93. The zero-order chi connectivity index (χ0) is 15.8. The van der Waals surface area contributed by atoms with E-state index in [1.54, 1.807) is 7.11 Å². The molecule has 0 N–H and O–H groups in total. The zero-order valence-electron chi connectivity index (χ0n) is 14.9. The van der Waals surface area contributed by atoms with Gasteiger partial charge in [-0.25, -0.2) is 0 Å². The summed E-state index contributed by atoms with van der Waals surface area (Å²) in [5.74, 6) is 1.17. The maximum atomic E-state index is 5.34. The van der Waals surface area contributed by atoms with Crippen molar-refractivity contribution in [2.75, 3.05) is 20.3 Å². The second-order valence-electron chi connectivity index (χ2n) is 7.02. The van der Waals surface area contributed by atoms with Crippen LogP contribution in [0.25, 0.3) is 0 Å². The predicted octanol–water partition coefficient (Wildman–Crippen LogP) is 4.49. The molecule has 1 aliphatic heterocycles. The van der Waals surface area contributed by atoms with E-state index in [-0.39, 0.29) is 0 Å². The van der Waals surface area contributed by atoms with Crippen LogP contribution < -0.4 is 0 Å². The summed E-state index contributed by atoms with van der Waals surface area (Å²) in [7, 11) is 1.78. The van der Waals surface area contributed by atoms with E-state index in [9.17, 15) is 0 Å². The van der Waals surface area contributed by atoms with Crippen LogP contribution in [0, 0.1) is 11.8 Å². The number of methoxy groups -OCH3 is 1. The van der Waals surface area contributed by atoms with Crippen LogP contribution in [0.2, 0.25) is 0 Å². The SMILES string of the molecule is COC[C@H]1CCCN1/N=C(/CC(C)C)[C@@H](C)CC=C(C)C. The number of hydrogen-bond donors (Lipinski definition) is 0. The monoisotopic (exact) mass is 294 g/mol. The van der Waals surface area contributed by atoms with Crippen molar-refractivity contribution in [3.63, 3.8) is 0 Å². The zero-order valence-corrected chi connectivity index (χ0v) is 14.9. The first kappa shape index (κ1) is 18.2. The Morgan fingerprint density at radius 2 is 2.05 bits per heavy atom. The lowest BCUT2D eigenvalue weighted by Crippen LogP contribution is -2.31. The van der Waals surface area contributed by atoms with E-state index in [0.717, 1.165) is 26.0 Å². The molecule has 0 radical (unpaired) electrons. The minimum absolute atomic E-state index is 0.466. The molecule has 0 amide bonds. The largest absolute Gasteiger partial charge is 0.382 e. The minimum atomic E-state index is 0.466. The fourth-order valence-electron chi connectivity index (χ4n) is 2.79. The van der Waals surface area contributed by atoms with E-state index < -0.39 is 0 Å². The molecular weight excluding hydrogens is 260 g/mol. The van der Waals surface area contributed by atoms with Gasteiger partial charge in [-0.15, -0.1) is 0 Å². The van der Waals surface area contributed by atoms with E-state index in [0.29, 0.717) is 17.9 Å². The molecule has 3 heteroatoms. The van der Waals surface area contributed by atoms with Gasteiger partial charge in [0.05, 0.1) is 12.6 Å². The van der Waals surface area contributed by atoms with E-state index in [2.05, 4.69) is 45.7 Å². The van der Waals surface area contributed by atoms with Gasteiger partial charge in [-0.05, 0) is 51.4 Å². The van der Waals surface area contributed by atoms with E-state index >= 15 is 0 Å². The third-order valence-electron chi connectivity index (χ3n) is 4.03. The maximum absolute atomic E-state index is 5.34. The molecular formula is C18H34N2O. The van der Waals surface area contributed by atoms with Crippen LogP contribution in [0.3, 0.4) is 0 Å². The van der Waals surface area contributed by atoms with Crippen LogP contribution in [0.4, 0.5) is 0 Å². The van der Waals surface area contributed by atoms with Crippen LogP contribution in [0.15, 0.2) is 16.8 Å². The van der Waals surface area contributed by atoms with Gasteiger partial charge >= 0.3 is 0 Å². The highest BCUT2D eigenvalue weighted by molar-refractivity contribution is 5.86. The number of hydrazone groups is 1. The fraction of sp³-hybridized carbons (Fsp3) is 0.833. The molecule has 122 valence electrons. The standard InChI is InChI=1S/C18H34N2O/c1-14(2)9-10-16(5)18(12-15(3)4)19-20-11-7-8-17(20)13-21-6/h9,15-17H,7-8,10-13H2,1-6H3/b19-18-/t16-,17+/m0/s1. The van der Waals surface area contributed by atoms with Crippen LogP contribution in [-0.2, 0) is 4.74 Å². The average Bonchev–Trinajstić information content (AvgIpc) is 2.82. The third kappa shape index (κ3) is 6.64. The molecule has 0 saturated carbocycles. The maximum Gasteiger partial charge on any atom is 0.0704 e. The van der Waals surface area contributed by atoms with Gasteiger partial charge < -0.3 is 4.74 Å². The summed E-state index contributed by atoms with van der Waals surface area (Å²) in [4.78, 5) is 0. The summed E-state index contributed by atoms with van der Waals surface area (Å²) in [6.07, 6.45) is 6.95. The van der Waals surface area contributed by atoms with Crippen molar-refractivity contribution in [3.05, 3.63) is 11.6 Å². The topological polar surface area (TPSA) is 24.8 Å². The van der Waals surface area contributed by atoms with Gasteiger partial charge in [-0.1, -0.05) is 32.4 Å². The molecule has 1 heterocycles. The highest BCUT2D eigenvalue weighted by Gasteiger charge is 2.24. The normalized spacial score (nSPS) is 21.0. The second-order valence-corrected chi connectivity index (χ2v) is 7.02. The number of ether oxygens (including phenoxy) is 1. The summed E-state index contributed by atoms with van der Waals surface area (Å²) in [6, 6.07) is 0.466.